The maximum atomic E-state index is 12.9. The number of hydrogen-bond donors (Lipinski definition) is 0. The van der Waals surface area contributed by atoms with Crippen molar-refractivity contribution in [2.75, 3.05) is 0 Å². The summed E-state index contributed by atoms with van der Waals surface area (Å²) >= 11 is 2.78. The standard InChI is InChI=1S/C8H5BrF3O/c1-4-2-5(10)7(9)6(3-4)13-8(11)12/h2-3,8H,1H2. The van der Waals surface area contributed by atoms with Gasteiger partial charge in [0.05, 0.1) is 4.47 Å². The third kappa shape index (κ3) is 2.62. The number of rotatable bonds is 2. The molecule has 0 unspecified atom stereocenters. The van der Waals surface area contributed by atoms with Crippen LogP contribution in [-0.2, 0) is 0 Å². The molecule has 71 valence electrons. The van der Waals surface area contributed by atoms with Gasteiger partial charge in [-0.05, 0) is 40.5 Å². The number of halogens is 4. The van der Waals surface area contributed by atoms with Crippen LogP contribution in [-0.4, -0.2) is 6.61 Å². The monoisotopic (exact) mass is 253 g/mol. The van der Waals surface area contributed by atoms with Crippen molar-refractivity contribution < 1.29 is 17.9 Å². The molecule has 1 rings (SSSR count). The first kappa shape index (κ1) is 10.4. The Labute approximate surface area is 81.6 Å². The molecule has 0 spiro atoms. The van der Waals surface area contributed by atoms with Crippen molar-refractivity contribution in [1.82, 2.24) is 0 Å². The van der Waals surface area contributed by atoms with E-state index in [1.54, 1.807) is 0 Å². The minimum atomic E-state index is -2.97. The molecule has 1 nitrogen and oxygen atoms in total. The SMILES string of the molecule is [CH2]c1cc(F)c(Br)c(OC(F)F)c1. The summed E-state index contributed by atoms with van der Waals surface area (Å²) in [7, 11) is 0. The third-order valence-corrected chi connectivity index (χ3v) is 2.04. The second kappa shape index (κ2) is 4.00. The van der Waals surface area contributed by atoms with Gasteiger partial charge in [0.15, 0.2) is 0 Å². The highest BCUT2D eigenvalue weighted by atomic mass is 79.9. The lowest BCUT2D eigenvalue weighted by Gasteiger charge is -2.07. The lowest BCUT2D eigenvalue weighted by Crippen LogP contribution is -2.03. The Hall–Kier alpha value is -0.710. The van der Waals surface area contributed by atoms with Crippen LogP contribution in [0.4, 0.5) is 13.2 Å². The van der Waals surface area contributed by atoms with Crippen LogP contribution in [0.25, 0.3) is 0 Å². The molecule has 0 aliphatic rings. The Morgan fingerprint density at radius 1 is 1.38 bits per heavy atom. The zero-order chi connectivity index (χ0) is 10.0. The topological polar surface area (TPSA) is 9.23 Å². The van der Waals surface area contributed by atoms with Crippen LogP contribution < -0.4 is 4.74 Å². The number of hydrogen-bond acceptors (Lipinski definition) is 1. The van der Waals surface area contributed by atoms with E-state index >= 15 is 0 Å². The zero-order valence-corrected chi connectivity index (χ0v) is 7.95. The second-order valence-electron chi connectivity index (χ2n) is 2.27. The first-order valence-electron chi connectivity index (χ1n) is 3.26. The molecule has 0 bridgehead atoms. The van der Waals surface area contributed by atoms with Crippen molar-refractivity contribution in [3.63, 3.8) is 0 Å². The summed E-state index contributed by atoms with van der Waals surface area (Å²) in [6.45, 7) is 0.430. The molecule has 0 aliphatic heterocycles. The van der Waals surface area contributed by atoms with Crippen LogP contribution in [0.1, 0.15) is 5.56 Å². The smallest absolute Gasteiger partial charge is 0.387 e. The molecule has 0 saturated carbocycles. The van der Waals surface area contributed by atoms with Gasteiger partial charge < -0.3 is 4.74 Å². The van der Waals surface area contributed by atoms with Crippen LogP contribution in [0, 0.1) is 12.7 Å². The van der Waals surface area contributed by atoms with Crippen molar-refractivity contribution in [1.29, 1.82) is 0 Å². The minimum absolute atomic E-state index is 0.125. The van der Waals surface area contributed by atoms with E-state index in [1.807, 2.05) is 0 Å². The Kier molecular flexibility index (Phi) is 3.19. The van der Waals surface area contributed by atoms with Gasteiger partial charge in [-0.1, -0.05) is 0 Å². The van der Waals surface area contributed by atoms with E-state index in [-0.39, 0.29) is 15.8 Å². The van der Waals surface area contributed by atoms with Gasteiger partial charge in [0, 0.05) is 0 Å². The van der Waals surface area contributed by atoms with E-state index in [2.05, 4.69) is 27.6 Å². The fourth-order valence-corrected chi connectivity index (χ4v) is 1.12. The van der Waals surface area contributed by atoms with Crippen LogP contribution >= 0.6 is 15.9 Å². The molecule has 0 saturated heterocycles. The Morgan fingerprint density at radius 3 is 2.54 bits per heavy atom. The maximum absolute atomic E-state index is 12.9. The van der Waals surface area contributed by atoms with Gasteiger partial charge in [-0.25, -0.2) is 4.39 Å². The van der Waals surface area contributed by atoms with Crippen molar-refractivity contribution in [3.05, 3.63) is 34.9 Å². The minimum Gasteiger partial charge on any atom is -0.434 e. The van der Waals surface area contributed by atoms with E-state index in [0.29, 0.717) is 0 Å². The van der Waals surface area contributed by atoms with Gasteiger partial charge in [0.2, 0.25) is 0 Å². The number of benzene rings is 1. The number of alkyl halides is 2. The molecule has 0 N–H and O–H groups in total. The molecule has 1 radical (unpaired) electrons. The highest BCUT2D eigenvalue weighted by Crippen LogP contribution is 2.30. The largest absolute Gasteiger partial charge is 0.434 e. The van der Waals surface area contributed by atoms with Gasteiger partial charge in [-0.15, -0.1) is 0 Å². The molecule has 0 amide bonds. The first-order valence-corrected chi connectivity index (χ1v) is 4.06. The molecule has 0 aliphatic carbocycles. The summed E-state index contributed by atoms with van der Waals surface area (Å²) in [6, 6.07) is 2.34. The van der Waals surface area contributed by atoms with E-state index in [1.165, 1.54) is 6.07 Å². The summed E-state index contributed by atoms with van der Waals surface area (Å²) < 4.78 is 40.4. The van der Waals surface area contributed by atoms with Crippen molar-refractivity contribution >= 4 is 15.9 Å². The summed E-state index contributed by atoms with van der Waals surface area (Å²) in [5, 5.41) is 0. The molecule has 0 fully saturated rings. The van der Waals surface area contributed by atoms with Gasteiger partial charge in [-0.3, -0.25) is 0 Å². The molecule has 1 aromatic carbocycles. The highest BCUT2D eigenvalue weighted by molar-refractivity contribution is 9.10. The molecule has 0 heterocycles. The molecular weight excluding hydrogens is 249 g/mol. The molecule has 13 heavy (non-hydrogen) atoms. The third-order valence-electron chi connectivity index (χ3n) is 1.27. The first-order chi connectivity index (χ1) is 6.00. The van der Waals surface area contributed by atoms with Gasteiger partial charge >= 0.3 is 6.61 Å². The quantitative estimate of drug-likeness (QED) is 0.786. The van der Waals surface area contributed by atoms with Gasteiger partial charge in [0.1, 0.15) is 11.6 Å². The van der Waals surface area contributed by atoms with E-state index in [0.717, 1.165) is 6.07 Å². The maximum Gasteiger partial charge on any atom is 0.387 e. The van der Waals surface area contributed by atoms with Crippen molar-refractivity contribution in [3.8, 4) is 5.75 Å². The van der Waals surface area contributed by atoms with Crippen LogP contribution in [0.3, 0.4) is 0 Å². The fraction of sp³-hybridized carbons (Fsp3) is 0.125. The molecular formula is C8H5BrF3O. The average Bonchev–Trinajstić information content (AvgIpc) is 1.98. The van der Waals surface area contributed by atoms with E-state index in [9.17, 15) is 13.2 Å². The van der Waals surface area contributed by atoms with Gasteiger partial charge in [0.25, 0.3) is 0 Å². The molecule has 1 aromatic rings. The second-order valence-corrected chi connectivity index (χ2v) is 3.06. The lowest BCUT2D eigenvalue weighted by atomic mass is 10.2. The Balaban J connectivity index is 3.05. The Morgan fingerprint density at radius 2 is 2.00 bits per heavy atom. The summed E-state index contributed by atoms with van der Waals surface area (Å²) in [4.78, 5) is 0. The summed E-state index contributed by atoms with van der Waals surface area (Å²) in [5.41, 5.74) is 0.274. The van der Waals surface area contributed by atoms with E-state index in [4.69, 9.17) is 0 Å². The molecule has 0 atom stereocenters. The average molecular weight is 254 g/mol. The predicted octanol–water partition coefficient (Wildman–Crippen LogP) is 3.37. The normalized spacial score (nSPS) is 10.6. The summed E-state index contributed by atoms with van der Waals surface area (Å²) in [5.74, 6) is -0.928. The molecule has 0 aromatic heterocycles. The van der Waals surface area contributed by atoms with Crippen LogP contribution in [0.5, 0.6) is 5.75 Å². The van der Waals surface area contributed by atoms with Crippen molar-refractivity contribution in [2.45, 2.75) is 6.61 Å². The fourth-order valence-electron chi connectivity index (χ4n) is 0.799. The molecule has 5 heteroatoms. The number of ether oxygens (including phenoxy) is 1. The Bertz CT molecular complexity index is 315. The summed E-state index contributed by atoms with van der Waals surface area (Å²) in [6.07, 6.45) is 0. The van der Waals surface area contributed by atoms with Crippen LogP contribution in [0.2, 0.25) is 0 Å². The van der Waals surface area contributed by atoms with Crippen molar-refractivity contribution in [2.24, 2.45) is 0 Å². The highest BCUT2D eigenvalue weighted by Gasteiger charge is 2.12. The van der Waals surface area contributed by atoms with Crippen LogP contribution in [0.15, 0.2) is 16.6 Å². The zero-order valence-electron chi connectivity index (χ0n) is 6.36. The predicted molar refractivity (Wildman–Crippen MR) is 45.2 cm³/mol. The van der Waals surface area contributed by atoms with Gasteiger partial charge in [-0.2, -0.15) is 8.78 Å². The van der Waals surface area contributed by atoms with E-state index < -0.39 is 12.4 Å². The lowest BCUT2D eigenvalue weighted by molar-refractivity contribution is -0.0505.